The summed E-state index contributed by atoms with van der Waals surface area (Å²) in [6.45, 7) is 6.98. The van der Waals surface area contributed by atoms with Crippen LogP contribution >= 0.6 is 0 Å². The molecule has 0 aliphatic carbocycles. The highest BCUT2D eigenvalue weighted by atomic mass is 16.2. The molecule has 1 amide bonds. The Hall–Kier alpha value is -2.84. The first-order valence-corrected chi connectivity index (χ1v) is 9.31. The summed E-state index contributed by atoms with van der Waals surface area (Å²) in [5.74, 6) is -0.194. The highest BCUT2D eigenvalue weighted by molar-refractivity contribution is 5.95. The molecule has 2 aromatic heterocycles. The highest BCUT2D eigenvalue weighted by Gasteiger charge is 2.23. The lowest BCUT2D eigenvalue weighted by molar-refractivity contribution is -0.118. The summed E-state index contributed by atoms with van der Waals surface area (Å²) in [4.78, 5) is 41.0. The van der Waals surface area contributed by atoms with Crippen LogP contribution in [0.5, 0.6) is 0 Å². The van der Waals surface area contributed by atoms with Crippen LogP contribution in [0, 0.1) is 6.92 Å². The van der Waals surface area contributed by atoms with Gasteiger partial charge < -0.3 is 10.6 Å². The van der Waals surface area contributed by atoms with Crippen LogP contribution < -0.4 is 21.9 Å². The number of carbonyl (C=O) groups excluding carboxylic acids is 1. The lowest BCUT2D eigenvalue weighted by Crippen LogP contribution is -2.41. The van der Waals surface area contributed by atoms with E-state index in [0.29, 0.717) is 26.1 Å². The molecule has 0 saturated carbocycles. The zero-order chi connectivity index (χ0) is 20.0. The molecule has 9 heteroatoms. The summed E-state index contributed by atoms with van der Waals surface area (Å²) in [5.41, 5.74) is 6.00. The van der Waals surface area contributed by atoms with Crippen LogP contribution in [0.2, 0.25) is 0 Å². The van der Waals surface area contributed by atoms with Crippen LogP contribution in [0.3, 0.4) is 0 Å². The van der Waals surface area contributed by atoms with Gasteiger partial charge in [-0.2, -0.15) is 5.10 Å². The number of nitrogens with two attached hydrogens (primary N) is 1. The number of hydrogen-bond donors (Lipinski definition) is 2. The van der Waals surface area contributed by atoms with E-state index in [9.17, 15) is 14.4 Å². The summed E-state index contributed by atoms with van der Waals surface area (Å²) in [6, 6.07) is 0. The van der Waals surface area contributed by atoms with Crippen molar-refractivity contribution >= 4 is 17.4 Å². The lowest BCUT2D eigenvalue weighted by atomic mass is 10.2. The number of aromatic nitrogens is 4. The number of nitrogens with zero attached hydrogens (tertiary/aromatic N) is 4. The van der Waals surface area contributed by atoms with Gasteiger partial charge in [-0.05, 0) is 25.3 Å². The molecule has 2 heterocycles. The van der Waals surface area contributed by atoms with Gasteiger partial charge in [0.2, 0.25) is 5.91 Å². The molecule has 0 aromatic carbocycles. The first-order chi connectivity index (χ1) is 12.9. The van der Waals surface area contributed by atoms with Gasteiger partial charge in [0, 0.05) is 32.3 Å². The van der Waals surface area contributed by atoms with Crippen LogP contribution in [0.25, 0.3) is 0 Å². The van der Waals surface area contributed by atoms with E-state index < -0.39 is 11.2 Å². The van der Waals surface area contributed by atoms with Gasteiger partial charge in [-0.25, -0.2) is 4.79 Å². The zero-order valence-electron chi connectivity index (χ0n) is 16.2. The Morgan fingerprint density at radius 2 is 2.00 bits per heavy atom. The summed E-state index contributed by atoms with van der Waals surface area (Å²) in [7, 11) is 0. The van der Waals surface area contributed by atoms with Gasteiger partial charge in [0.1, 0.15) is 5.82 Å². The molecule has 9 nitrogen and oxygen atoms in total. The van der Waals surface area contributed by atoms with Crippen molar-refractivity contribution < 1.29 is 4.79 Å². The minimum atomic E-state index is -0.635. The smallest absolute Gasteiger partial charge is 0.330 e. The first-order valence-electron chi connectivity index (χ1n) is 9.31. The summed E-state index contributed by atoms with van der Waals surface area (Å²) in [6.07, 6.45) is 6.01. The molecule has 0 spiro atoms. The number of amides is 1. The standard InChI is InChI=1S/C18H28N6O3/c1-4-6-9-23(14(25)7-10-22-12-13(3)11-20-22)15-16(19)24(8-5-2)18(27)21-17(15)26/h11-12H,4-10,19H2,1-3H3,(H,21,26,27). The van der Waals surface area contributed by atoms with Crippen molar-refractivity contribution in [1.29, 1.82) is 0 Å². The van der Waals surface area contributed by atoms with Crippen LogP contribution in [-0.4, -0.2) is 31.8 Å². The predicted molar refractivity (Wildman–Crippen MR) is 105 cm³/mol. The highest BCUT2D eigenvalue weighted by Crippen LogP contribution is 2.19. The van der Waals surface area contributed by atoms with Crippen molar-refractivity contribution in [3.63, 3.8) is 0 Å². The van der Waals surface area contributed by atoms with E-state index in [1.54, 1.807) is 10.9 Å². The molecular formula is C18H28N6O3. The molecule has 0 unspecified atom stereocenters. The van der Waals surface area contributed by atoms with Crippen LogP contribution in [0.4, 0.5) is 11.5 Å². The fourth-order valence-electron chi connectivity index (χ4n) is 2.90. The molecule has 0 radical (unpaired) electrons. The number of carbonyl (C=O) groups is 1. The molecule has 0 atom stereocenters. The third-order valence-electron chi connectivity index (χ3n) is 4.28. The largest absolute Gasteiger partial charge is 0.383 e. The van der Waals surface area contributed by atoms with Crippen molar-refractivity contribution in [2.45, 2.75) is 59.5 Å². The van der Waals surface area contributed by atoms with E-state index >= 15 is 0 Å². The molecule has 3 N–H and O–H groups in total. The molecule has 0 fully saturated rings. The molecular weight excluding hydrogens is 348 g/mol. The molecule has 0 aliphatic rings. The quantitative estimate of drug-likeness (QED) is 0.683. The molecule has 0 saturated heterocycles. The number of H-pyrrole nitrogens is 1. The first kappa shape index (κ1) is 20.5. The molecule has 0 bridgehead atoms. The summed E-state index contributed by atoms with van der Waals surface area (Å²) < 4.78 is 3.00. The van der Waals surface area contributed by atoms with Crippen molar-refractivity contribution in [2.24, 2.45) is 0 Å². The third kappa shape index (κ3) is 4.87. The average molecular weight is 376 g/mol. The van der Waals surface area contributed by atoms with E-state index in [1.807, 2.05) is 27.0 Å². The maximum atomic E-state index is 12.9. The number of aromatic amines is 1. The molecule has 27 heavy (non-hydrogen) atoms. The second kappa shape index (κ2) is 9.20. The lowest BCUT2D eigenvalue weighted by Gasteiger charge is -2.24. The molecule has 2 rings (SSSR count). The molecule has 2 aromatic rings. The van der Waals surface area contributed by atoms with E-state index in [0.717, 1.165) is 18.4 Å². The summed E-state index contributed by atoms with van der Waals surface area (Å²) >= 11 is 0. The Morgan fingerprint density at radius 3 is 2.59 bits per heavy atom. The monoisotopic (exact) mass is 376 g/mol. The van der Waals surface area contributed by atoms with Gasteiger partial charge in [-0.3, -0.25) is 23.8 Å². The zero-order valence-corrected chi connectivity index (χ0v) is 16.2. The van der Waals surface area contributed by atoms with Crippen molar-refractivity contribution in [3.8, 4) is 0 Å². The van der Waals surface area contributed by atoms with Gasteiger partial charge in [-0.1, -0.05) is 20.3 Å². The predicted octanol–water partition coefficient (Wildman–Crippen LogP) is 1.26. The van der Waals surface area contributed by atoms with Crippen LogP contribution in [-0.2, 0) is 17.9 Å². The van der Waals surface area contributed by atoms with Gasteiger partial charge in [0.25, 0.3) is 5.56 Å². The van der Waals surface area contributed by atoms with E-state index in [-0.39, 0.29) is 23.8 Å². The van der Waals surface area contributed by atoms with Gasteiger partial charge in [0.05, 0.1) is 6.20 Å². The Morgan fingerprint density at radius 1 is 1.26 bits per heavy atom. The Bertz CT molecular complexity index is 895. The van der Waals surface area contributed by atoms with E-state index in [4.69, 9.17) is 5.73 Å². The van der Waals surface area contributed by atoms with Crippen molar-refractivity contribution in [1.82, 2.24) is 19.3 Å². The van der Waals surface area contributed by atoms with Crippen molar-refractivity contribution in [3.05, 3.63) is 38.8 Å². The van der Waals surface area contributed by atoms with Crippen molar-refractivity contribution in [2.75, 3.05) is 17.2 Å². The number of nitrogen functional groups attached to an aromatic ring is 1. The average Bonchev–Trinajstić information content (AvgIpc) is 3.04. The topological polar surface area (TPSA) is 119 Å². The van der Waals surface area contributed by atoms with Gasteiger partial charge >= 0.3 is 5.69 Å². The molecule has 148 valence electrons. The Labute approximate surface area is 157 Å². The van der Waals surface area contributed by atoms with E-state index in [2.05, 4.69) is 10.1 Å². The number of hydrogen-bond acceptors (Lipinski definition) is 5. The fourth-order valence-corrected chi connectivity index (χ4v) is 2.90. The maximum Gasteiger partial charge on any atom is 0.330 e. The SMILES string of the molecule is CCCCN(C(=O)CCn1cc(C)cn1)c1c(N)n(CCC)c(=O)[nH]c1=O. The Balaban J connectivity index is 2.34. The fraction of sp³-hybridized carbons (Fsp3) is 0.556. The van der Waals surface area contributed by atoms with E-state index in [1.165, 1.54) is 9.47 Å². The maximum absolute atomic E-state index is 12.9. The number of nitrogens with one attached hydrogen (secondary N) is 1. The Kier molecular flexibility index (Phi) is 6.98. The second-order valence-corrected chi connectivity index (χ2v) is 6.57. The normalized spacial score (nSPS) is 10.9. The minimum Gasteiger partial charge on any atom is -0.383 e. The molecule has 0 aliphatic heterocycles. The number of unbranched alkanes of at least 4 members (excludes halogenated alkanes) is 1. The summed E-state index contributed by atoms with van der Waals surface area (Å²) in [5, 5.41) is 4.18. The number of rotatable bonds is 9. The number of aryl methyl sites for hydroxylation is 2. The second-order valence-electron chi connectivity index (χ2n) is 6.57. The van der Waals surface area contributed by atoms with Crippen LogP contribution in [0.15, 0.2) is 22.0 Å². The third-order valence-corrected chi connectivity index (χ3v) is 4.28. The van der Waals surface area contributed by atoms with Gasteiger partial charge in [-0.15, -0.1) is 0 Å². The minimum absolute atomic E-state index is 0.0324. The number of anilines is 2. The van der Waals surface area contributed by atoms with Crippen LogP contribution in [0.1, 0.15) is 45.1 Å². The van der Waals surface area contributed by atoms with Gasteiger partial charge in [0.15, 0.2) is 5.69 Å².